The summed E-state index contributed by atoms with van der Waals surface area (Å²) in [6.07, 6.45) is 2.84. The standard InChI is InChI=1S/C19H29N3O5S/c1-5-11-19(12-6-2)17(23)22(18(24)20-19)13-14-27-15-7-9-16(10-8-15)28(25,26)21(3)4/h7-10H,5-6,11-14H2,1-4H3,(H,20,24). The second kappa shape index (κ2) is 8.91. The van der Waals surface area contributed by atoms with Crippen LogP contribution in [-0.2, 0) is 14.8 Å². The van der Waals surface area contributed by atoms with Gasteiger partial charge >= 0.3 is 6.03 Å². The first kappa shape index (κ1) is 22.2. The van der Waals surface area contributed by atoms with Crippen molar-refractivity contribution in [1.82, 2.24) is 14.5 Å². The highest BCUT2D eigenvalue weighted by Crippen LogP contribution is 2.28. The largest absolute Gasteiger partial charge is 0.492 e. The van der Waals surface area contributed by atoms with Gasteiger partial charge in [0.25, 0.3) is 5.91 Å². The molecule has 0 saturated carbocycles. The normalized spacial score (nSPS) is 16.5. The molecule has 0 spiro atoms. The number of rotatable bonds is 10. The maximum atomic E-state index is 12.8. The molecule has 1 heterocycles. The van der Waals surface area contributed by atoms with Crippen LogP contribution in [0.4, 0.5) is 4.79 Å². The molecule has 9 heteroatoms. The zero-order chi connectivity index (χ0) is 20.9. The lowest BCUT2D eigenvalue weighted by Crippen LogP contribution is -2.47. The third kappa shape index (κ3) is 4.47. The highest BCUT2D eigenvalue weighted by Gasteiger charge is 2.49. The quantitative estimate of drug-likeness (QED) is 0.596. The van der Waals surface area contributed by atoms with Gasteiger partial charge in [-0.1, -0.05) is 26.7 Å². The molecule has 3 amide bonds. The summed E-state index contributed by atoms with van der Waals surface area (Å²) in [7, 11) is -0.559. The number of hydrogen-bond donors (Lipinski definition) is 1. The summed E-state index contributed by atoms with van der Waals surface area (Å²) >= 11 is 0. The summed E-state index contributed by atoms with van der Waals surface area (Å²) < 4.78 is 30.9. The molecule has 1 N–H and O–H groups in total. The minimum atomic E-state index is -3.49. The Morgan fingerprint density at radius 2 is 1.64 bits per heavy atom. The van der Waals surface area contributed by atoms with E-state index in [-0.39, 0.29) is 30.0 Å². The minimum Gasteiger partial charge on any atom is -0.492 e. The fourth-order valence-corrected chi connectivity index (χ4v) is 4.27. The molecular weight excluding hydrogens is 382 g/mol. The highest BCUT2D eigenvalue weighted by molar-refractivity contribution is 7.89. The molecule has 0 unspecified atom stereocenters. The van der Waals surface area contributed by atoms with Gasteiger partial charge in [0.05, 0.1) is 11.4 Å². The van der Waals surface area contributed by atoms with E-state index in [4.69, 9.17) is 4.74 Å². The van der Waals surface area contributed by atoms with Crippen LogP contribution in [-0.4, -0.2) is 62.3 Å². The molecule has 8 nitrogen and oxygen atoms in total. The summed E-state index contributed by atoms with van der Waals surface area (Å²) in [5.74, 6) is 0.273. The van der Waals surface area contributed by atoms with Crippen molar-refractivity contribution in [1.29, 1.82) is 0 Å². The smallest absolute Gasteiger partial charge is 0.325 e. The molecule has 2 rings (SSSR count). The van der Waals surface area contributed by atoms with E-state index in [2.05, 4.69) is 5.32 Å². The Balaban J connectivity index is 1.98. The van der Waals surface area contributed by atoms with Crippen LogP contribution >= 0.6 is 0 Å². The predicted molar refractivity (Wildman–Crippen MR) is 106 cm³/mol. The number of benzene rings is 1. The molecule has 0 atom stereocenters. The van der Waals surface area contributed by atoms with Crippen LogP contribution in [0.1, 0.15) is 39.5 Å². The van der Waals surface area contributed by atoms with Crippen molar-refractivity contribution in [3.8, 4) is 5.75 Å². The number of carbonyl (C=O) groups excluding carboxylic acids is 2. The van der Waals surface area contributed by atoms with Gasteiger partial charge in [0.2, 0.25) is 10.0 Å². The van der Waals surface area contributed by atoms with Crippen molar-refractivity contribution in [2.75, 3.05) is 27.2 Å². The Hall–Kier alpha value is -2.13. The van der Waals surface area contributed by atoms with Gasteiger partial charge in [0.15, 0.2) is 0 Å². The fraction of sp³-hybridized carbons (Fsp3) is 0.579. The number of ether oxygens (including phenoxy) is 1. The first-order chi connectivity index (χ1) is 13.2. The average Bonchev–Trinajstić information content (AvgIpc) is 2.87. The third-order valence-corrected chi connectivity index (χ3v) is 6.61. The van der Waals surface area contributed by atoms with Crippen LogP contribution in [0.5, 0.6) is 5.75 Å². The Labute approximate surface area is 166 Å². The molecule has 1 saturated heterocycles. The van der Waals surface area contributed by atoms with Crippen LogP contribution in [0.25, 0.3) is 0 Å². The van der Waals surface area contributed by atoms with Gasteiger partial charge in [-0.2, -0.15) is 0 Å². The fourth-order valence-electron chi connectivity index (χ4n) is 3.37. The van der Waals surface area contributed by atoms with Gasteiger partial charge in [-0.05, 0) is 37.1 Å². The lowest BCUT2D eigenvalue weighted by atomic mass is 9.88. The summed E-state index contributed by atoms with van der Waals surface area (Å²) in [6, 6.07) is 5.65. The van der Waals surface area contributed by atoms with Crippen molar-refractivity contribution in [3.63, 3.8) is 0 Å². The SMILES string of the molecule is CCCC1(CCC)NC(=O)N(CCOc2ccc(S(=O)(=O)N(C)C)cc2)C1=O. The molecule has 0 aromatic heterocycles. The summed E-state index contributed by atoms with van der Waals surface area (Å²) in [6.45, 7) is 4.25. The summed E-state index contributed by atoms with van der Waals surface area (Å²) in [5, 5.41) is 2.86. The van der Waals surface area contributed by atoms with E-state index in [0.717, 1.165) is 17.1 Å². The van der Waals surface area contributed by atoms with E-state index in [0.29, 0.717) is 18.6 Å². The van der Waals surface area contributed by atoms with E-state index in [1.165, 1.54) is 31.1 Å². The third-order valence-electron chi connectivity index (χ3n) is 4.79. The van der Waals surface area contributed by atoms with E-state index in [1.807, 2.05) is 13.8 Å². The number of nitrogens with one attached hydrogen (secondary N) is 1. The Kier molecular flexibility index (Phi) is 7.06. The molecule has 1 aromatic carbocycles. The second-order valence-corrected chi connectivity index (χ2v) is 9.23. The highest BCUT2D eigenvalue weighted by atomic mass is 32.2. The zero-order valence-electron chi connectivity index (χ0n) is 16.9. The lowest BCUT2D eigenvalue weighted by Gasteiger charge is -2.25. The number of nitrogens with zero attached hydrogens (tertiary/aromatic N) is 2. The molecule has 1 aromatic rings. The van der Waals surface area contributed by atoms with Crippen LogP contribution in [0.15, 0.2) is 29.2 Å². The van der Waals surface area contributed by atoms with Crippen LogP contribution < -0.4 is 10.1 Å². The first-order valence-corrected chi connectivity index (χ1v) is 10.9. The number of carbonyl (C=O) groups is 2. The van der Waals surface area contributed by atoms with Crippen LogP contribution in [0, 0.1) is 0 Å². The molecule has 1 aliphatic heterocycles. The molecule has 156 valence electrons. The summed E-state index contributed by atoms with van der Waals surface area (Å²) in [5.41, 5.74) is -0.803. The molecule has 0 bridgehead atoms. The maximum Gasteiger partial charge on any atom is 0.325 e. The summed E-state index contributed by atoms with van der Waals surface area (Å²) in [4.78, 5) is 26.4. The van der Waals surface area contributed by atoms with Crippen molar-refractivity contribution in [2.45, 2.75) is 50.0 Å². The van der Waals surface area contributed by atoms with Crippen LogP contribution in [0.3, 0.4) is 0 Å². The van der Waals surface area contributed by atoms with Crippen molar-refractivity contribution < 1.29 is 22.7 Å². The molecular formula is C19H29N3O5S. The van der Waals surface area contributed by atoms with Crippen molar-refractivity contribution in [3.05, 3.63) is 24.3 Å². The number of hydrogen-bond acceptors (Lipinski definition) is 5. The second-order valence-electron chi connectivity index (χ2n) is 7.08. The molecule has 1 aliphatic rings. The van der Waals surface area contributed by atoms with Gasteiger partial charge < -0.3 is 10.1 Å². The first-order valence-electron chi connectivity index (χ1n) is 9.47. The zero-order valence-corrected chi connectivity index (χ0v) is 17.7. The Bertz CT molecular complexity index is 799. The van der Waals surface area contributed by atoms with Gasteiger partial charge in [0.1, 0.15) is 17.9 Å². The Morgan fingerprint density at radius 1 is 1.07 bits per heavy atom. The van der Waals surface area contributed by atoms with Gasteiger partial charge in [0, 0.05) is 14.1 Å². The topological polar surface area (TPSA) is 96.0 Å². The van der Waals surface area contributed by atoms with E-state index >= 15 is 0 Å². The minimum absolute atomic E-state index is 0.132. The Morgan fingerprint density at radius 3 is 2.14 bits per heavy atom. The average molecular weight is 412 g/mol. The number of imide groups is 1. The maximum absolute atomic E-state index is 12.8. The predicted octanol–water partition coefficient (Wildman–Crippen LogP) is 2.21. The molecule has 28 heavy (non-hydrogen) atoms. The van der Waals surface area contributed by atoms with Crippen molar-refractivity contribution >= 4 is 22.0 Å². The molecule has 0 radical (unpaired) electrons. The monoisotopic (exact) mass is 411 g/mol. The van der Waals surface area contributed by atoms with Crippen LogP contribution in [0.2, 0.25) is 0 Å². The number of amides is 3. The lowest BCUT2D eigenvalue weighted by molar-refractivity contribution is -0.132. The van der Waals surface area contributed by atoms with E-state index in [9.17, 15) is 18.0 Å². The van der Waals surface area contributed by atoms with Gasteiger partial charge in [-0.15, -0.1) is 0 Å². The van der Waals surface area contributed by atoms with Crippen molar-refractivity contribution in [2.24, 2.45) is 0 Å². The van der Waals surface area contributed by atoms with E-state index < -0.39 is 15.6 Å². The number of urea groups is 1. The van der Waals surface area contributed by atoms with E-state index in [1.54, 1.807) is 12.1 Å². The number of sulfonamides is 1. The molecule has 1 fully saturated rings. The molecule has 0 aliphatic carbocycles. The van der Waals surface area contributed by atoms with Gasteiger partial charge in [-0.25, -0.2) is 17.5 Å². The van der Waals surface area contributed by atoms with Gasteiger partial charge in [-0.3, -0.25) is 9.69 Å².